The van der Waals surface area contributed by atoms with Crippen LogP contribution >= 0.6 is 11.6 Å². The molecule has 0 atom stereocenters. The number of halogens is 4. The third-order valence-electron chi connectivity index (χ3n) is 2.34. The van der Waals surface area contributed by atoms with E-state index in [1.807, 2.05) is 0 Å². The van der Waals surface area contributed by atoms with Crippen molar-refractivity contribution in [2.75, 3.05) is 5.73 Å². The second kappa shape index (κ2) is 4.10. The van der Waals surface area contributed by atoms with Gasteiger partial charge >= 0.3 is 6.18 Å². The molecule has 17 heavy (non-hydrogen) atoms. The molecule has 2 aromatic heterocycles. The summed E-state index contributed by atoms with van der Waals surface area (Å²) in [6, 6.07) is 1.51. The molecule has 0 radical (unpaired) electrons. The number of aromatic nitrogens is 2. The van der Waals surface area contributed by atoms with Crippen LogP contribution in [0, 0.1) is 0 Å². The Hall–Kier alpha value is -1.43. The molecule has 0 aliphatic carbocycles. The van der Waals surface area contributed by atoms with E-state index in [1.54, 1.807) is 0 Å². The van der Waals surface area contributed by atoms with Crippen LogP contribution < -0.4 is 5.73 Å². The number of anilines is 1. The highest BCUT2D eigenvalue weighted by molar-refractivity contribution is 6.30. The summed E-state index contributed by atoms with van der Waals surface area (Å²) < 4.78 is 37.9. The van der Waals surface area contributed by atoms with Gasteiger partial charge in [0.05, 0.1) is 10.7 Å². The van der Waals surface area contributed by atoms with Gasteiger partial charge in [-0.3, -0.25) is 0 Å². The maximum absolute atomic E-state index is 12.1. The SMILES string of the molecule is Nc1cc(Cl)cn2c(CCC(F)(F)F)cnc12. The molecule has 0 aromatic carbocycles. The number of nitrogens with zero attached hydrogens (tertiary/aromatic N) is 2. The topological polar surface area (TPSA) is 43.3 Å². The van der Waals surface area contributed by atoms with Gasteiger partial charge in [0.1, 0.15) is 0 Å². The lowest BCUT2D eigenvalue weighted by Gasteiger charge is -2.06. The Balaban J connectivity index is 2.36. The number of aryl methyl sites for hydroxylation is 1. The highest BCUT2D eigenvalue weighted by Crippen LogP contribution is 2.24. The molecule has 0 spiro atoms. The second-order valence-electron chi connectivity index (χ2n) is 3.67. The molecule has 3 nitrogen and oxygen atoms in total. The minimum absolute atomic E-state index is 0.148. The van der Waals surface area contributed by atoms with Gasteiger partial charge in [-0.25, -0.2) is 4.98 Å². The molecule has 0 unspecified atom stereocenters. The first kappa shape index (κ1) is 12.0. The number of hydrogen-bond donors (Lipinski definition) is 1. The van der Waals surface area contributed by atoms with Crippen molar-refractivity contribution in [3.8, 4) is 0 Å². The zero-order valence-electron chi connectivity index (χ0n) is 8.63. The third kappa shape index (κ3) is 2.63. The number of nitrogen functional groups attached to an aromatic ring is 1. The van der Waals surface area contributed by atoms with Crippen molar-refractivity contribution >= 4 is 22.9 Å². The Morgan fingerprint density at radius 3 is 2.76 bits per heavy atom. The van der Waals surface area contributed by atoms with Crippen molar-refractivity contribution in [3.63, 3.8) is 0 Å². The number of imidazole rings is 1. The third-order valence-corrected chi connectivity index (χ3v) is 2.55. The van der Waals surface area contributed by atoms with Crippen molar-refractivity contribution in [1.29, 1.82) is 0 Å². The molecule has 7 heteroatoms. The van der Waals surface area contributed by atoms with Crippen LogP contribution in [0.2, 0.25) is 5.02 Å². The maximum atomic E-state index is 12.1. The van der Waals surface area contributed by atoms with Crippen LogP contribution in [0.4, 0.5) is 18.9 Å². The smallest absolute Gasteiger partial charge is 0.389 e. The lowest BCUT2D eigenvalue weighted by molar-refractivity contribution is -0.134. The first-order valence-corrected chi connectivity index (χ1v) is 5.22. The molecule has 0 amide bonds. The fraction of sp³-hybridized carbons (Fsp3) is 0.300. The predicted octanol–water partition coefficient (Wildman–Crippen LogP) is 3.06. The highest BCUT2D eigenvalue weighted by atomic mass is 35.5. The fourth-order valence-electron chi connectivity index (χ4n) is 1.58. The number of alkyl halides is 3. The summed E-state index contributed by atoms with van der Waals surface area (Å²) in [5.74, 6) is 0. The zero-order chi connectivity index (χ0) is 12.6. The fourth-order valence-corrected chi connectivity index (χ4v) is 1.80. The van der Waals surface area contributed by atoms with Crippen LogP contribution in [-0.4, -0.2) is 15.6 Å². The van der Waals surface area contributed by atoms with Crippen molar-refractivity contribution in [2.24, 2.45) is 0 Å². The summed E-state index contributed by atoms with van der Waals surface area (Å²) in [6.07, 6.45) is -2.34. The zero-order valence-corrected chi connectivity index (χ0v) is 9.39. The molecule has 0 saturated heterocycles. The number of nitrogens with two attached hydrogens (primary N) is 1. The number of hydrogen-bond acceptors (Lipinski definition) is 2. The number of fused-ring (bicyclic) bond motifs is 1. The summed E-state index contributed by atoms with van der Waals surface area (Å²) in [5.41, 5.74) is 6.86. The lowest BCUT2D eigenvalue weighted by atomic mass is 10.2. The Labute approximate surface area is 100 Å². The standard InChI is InChI=1S/C10H9ClF3N3/c11-6-3-8(15)9-16-4-7(17(9)5-6)1-2-10(12,13)14/h3-5H,1-2,15H2. The minimum Gasteiger partial charge on any atom is -0.396 e. The van der Waals surface area contributed by atoms with Crippen LogP contribution in [0.3, 0.4) is 0 Å². The molecule has 0 bridgehead atoms. The van der Waals surface area contributed by atoms with Gasteiger partial charge in [-0.15, -0.1) is 0 Å². The van der Waals surface area contributed by atoms with Crippen LogP contribution in [-0.2, 0) is 6.42 Å². The van der Waals surface area contributed by atoms with E-state index >= 15 is 0 Å². The Morgan fingerprint density at radius 2 is 2.12 bits per heavy atom. The molecule has 2 aromatic rings. The van der Waals surface area contributed by atoms with Gasteiger partial charge in [-0.1, -0.05) is 11.6 Å². The number of rotatable bonds is 2. The molecular formula is C10H9ClF3N3. The molecule has 2 N–H and O–H groups in total. The second-order valence-corrected chi connectivity index (χ2v) is 4.11. The van der Waals surface area contributed by atoms with Crippen molar-refractivity contribution in [3.05, 3.63) is 29.2 Å². The van der Waals surface area contributed by atoms with Gasteiger partial charge in [0.15, 0.2) is 5.65 Å². The van der Waals surface area contributed by atoms with Crippen LogP contribution in [0.25, 0.3) is 5.65 Å². The van der Waals surface area contributed by atoms with Crippen LogP contribution in [0.15, 0.2) is 18.5 Å². The van der Waals surface area contributed by atoms with Gasteiger partial charge in [0.25, 0.3) is 0 Å². The molecule has 2 heterocycles. The lowest BCUT2D eigenvalue weighted by Crippen LogP contribution is -2.09. The van der Waals surface area contributed by atoms with E-state index in [0.29, 0.717) is 22.1 Å². The van der Waals surface area contributed by atoms with Gasteiger partial charge < -0.3 is 10.1 Å². The molecule has 0 saturated carbocycles. The monoisotopic (exact) mass is 263 g/mol. The molecule has 0 aliphatic heterocycles. The van der Waals surface area contributed by atoms with Gasteiger partial charge in [0.2, 0.25) is 0 Å². The quantitative estimate of drug-likeness (QED) is 0.905. The van der Waals surface area contributed by atoms with E-state index in [9.17, 15) is 13.2 Å². The normalized spacial score (nSPS) is 12.2. The van der Waals surface area contributed by atoms with Crippen LogP contribution in [0.1, 0.15) is 12.1 Å². The first-order chi connectivity index (χ1) is 7.87. The number of pyridine rings is 1. The summed E-state index contributed by atoms with van der Waals surface area (Å²) in [6.45, 7) is 0. The van der Waals surface area contributed by atoms with E-state index in [4.69, 9.17) is 17.3 Å². The first-order valence-electron chi connectivity index (χ1n) is 4.84. The summed E-state index contributed by atoms with van der Waals surface area (Å²) in [7, 11) is 0. The van der Waals surface area contributed by atoms with Gasteiger partial charge in [-0.2, -0.15) is 13.2 Å². The van der Waals surface area contributed by atoms with Crippen LogP contribution in [0.5, 0.6) is 0 Å². The minimum atomic E-state index is -4.19. The maximum Gasteiger partial charge on any atom is 0.389 e. The summed E-state index contributed by atoms with van der Waals surface area (Å²) >= 11 is 5.79. The van der Waals surface area contributed by atoms with E-state index in [0.717, 1.165) is 0 Å². The molecule has 0 fully saturated rings. The largest absolute Gasteiger partial charge is 0.396 e. The average Bonchev–Trinajstić information content (AvgIpc) is 2.57. The summed E-state index contributed by atoms with van der Waals surface area (Å²) in [4.78, 5) is 3.97. The van der Waals surface area contributed by atoms with Crippen molar-refractivity contribution in [2.45, 2.75) is 19.0 Å². The molecular weight excluding hydrogens is 255 g/mol. The Kier molecular flexibility index (Phi) is 2.91. The predicted molar refractivity (Wildman–Crippen MR) is 59.0 cm³/mol. The van der Waals surface area contributed by atoms with Crippen molar-refractivity contribution in [1.82, 2.24) is 9.38 Å². The summed E-state index contributed by atoms with van der Waals surface area (Å²) in [5, 5.41) is 0.362. The highest BCUT2D eigenvalue weighted by Gasteiger charge is 2.27. The van der Waals surface area contributed by atoms with E-state index in [2.05, 4.69) is 4.98 Å². The van der Waals surface area contributed by atoms with Gasteiger partial charge in [-0.05, 0) is 12.5 Å². The molecule has 2 rings (SSSR count). The molecule has 92 valence electrons. The molecule has 0 aliphatic rings. The Morgan fingerprint density at radius 1 is 1.41 bits per heavy atom. The Bertz CT molecular complexity index is 547. The average molecular weight is 264 g/mol. The van der Waals surface area contributed by atoms with E-state index in [-0.39, 0.29) is 6.42 Å². The van der Waals surface area contributed by atoms with Crippen molar-refractivity contribution < 1.29 is 13.2 Å². The van der Waals surface area contributed by atoms with E-state index < -0.39 is 12.6 Å². The van der Waals surface area contributed by atoms with E-state index in [1.165, 1.54) is 22.9 Å². The van der Waals surface area contributed by atoms with Gasteiger partial charge in [0, 0.05) is 24.5 Å².